The third-order valence-corrected chi connectivity index (χ3v) is 7.95. The van der Waals surface area contributed by atoms with E-state index in [0.717, 1.165) is 29.7 Å². The zero-order valence-corrected chi connectivity index (χ0v) is 22.4. The lowest BCUT2D eigenvalue weighted by Crippen LogP contribution is -2.45. The first-order chi connectivity index (χ1) is 19.4. The second-order valence-electron chi connectivity index (χ2n) is 9.80. The Morgan fingerprint density at radius 2 is 1.95 bits per heavy atom. The van der Waals surface area contributed by atoms with Gasteiger partial charge in [-0.3, -0.25) is 14.2 Å². The number of hydrogen-bond donors (Lipinski definition) is 3. The molecule has 0 spiro atoms. The van der Waals surface area contributed by atoms with Gasteiger partial charge in [0.05, 0.1) is 23.7 Å². The van der Waals surface area contributed by atoms with E-state index in [2.05, 4.69) is 11.4 Å². The average Bonchev–Trinajstić information content (AvgIpc) is 3.39. The number of fused-ring (bicyclic) bond motifs is 1. The molecule has 4 N–H and O–H groups in total. The van der Waals surface area contributed by atoms with Crippen LogP contribution in [0.25, 0.3) is 10.2 Å². The van der Waals surface area contributed by atoms with Gasteiger partial charge < -0.3 is 21.1 Å². The first kappa shape index (κ1) is 27.1. The highest BCUT2D eigenvalue weighted by atomic mass is 32.1. The maximum Gasteiger partial charge on any atom is 0.326 e. The minimum atomic E-state index is -1.16. The summed E-state index contributed by atoms with van der Waals surface area (Å²) in [5.74, 6) is -1.41. The summed E-state index contributed by atoms with van der Waals surface area (Å²) in [6.07, 6.45) is 1.78. The topological polar surface area (TPSA) is 154 Å². The first-order valence-electron chi connectivity index (χ1n) is 12.9. The van der Waals surface area contributed by atoms with Crippen LogP contribution in [-0.4, -0.2) is 51.7 Å². The van der Waals surface area contributed by atoms with E-state index in [-0.39, 0.29) is 40.3 Å². The number of nitrogens with zero attached hydrogens (tertiary/aromatic N) is 4. The van der Waals surface area contributed by atoms with Crippen LogP contribution < -0.4 is 21.5 Å². The number of nitrogens with two attached hydrogens (primary N) is 1. The molecule has 4 aromatic rings. The number of amides is 1. The van der Waals surface area contributed by atoms with E-state index in [4.69, 9.17) is 10.7 Å². The number of nitriles is 1. The van der Waals surface area contributed by atoms with Crippen molar-refractivity contribution >= 4 is 39.4 Å². The third kappa shape index (κ3) is 5.59. The molecule has 11 heteroatoms. The van der Waals surface area contributed by atoms with Crippen molar-refractivity contribution in [3.05, 3.63) is 92.6 Å². The largest absolute Gasteiger partial charge is 0.480 e. The number of hydrogen-bond acceptors (Lipinski definition) is 8. The first-order valence-corrected chi connectivity index (χ1v) is 13.8. The summed E-state index contributed by atoms with van der Waals surface area (Å²) in [5.41, 5.74) is 8.18. The lowest BCUT2D eigenvalue weighted by molar-refractivity contribution is -0.139. The number of carbonyl (C=O) groups excluding carboxylic acids is 1. The van der Waals surface area contributed by atoms with Crippen molar-refractivity contribution in [1.29, 1.82) is 5.26 Å². The van der Waals surface area contributed by atoms with E-state index >= 15 is 0 Å². The normalized spacial score (nSPS) is 15.9. The Morgan fingerprint density at radius 1 is 1.20 bits per heavy atom. The minimum Gasteiger partial charge on any atom is -0.480 e. The molecule has 204 valence electrons. The van der Waals surface area contributed by atoms with Crippen LogP contribution in [0.1, 0.15) is 39.9 Å². The van der Waals surface area contributed by atoms with Gasteiger partial charge in [-0.05, 0) is 30.0 Å². The molecule has 40 heavy (non-hydrogen) atoms. The summed E-state index contributed by atoms with van der Waals surface area (Å²) in [7, 11) is 0. The molecule has 2 aromatic carbocycles. The van der Waals surface area contributed by atoms with Crippen molar-refractivity contribution in [3.8, 4) is 6.07 Å². The summed E-state index contributed by atoms with van der Waals surface area (Å²) in [6, 6.07) is 17.0. The number of thiophene rings is 1. The van der Waals surface area contributed by atoms with Crippen LogP contribution in [0.5, 0.6) is 0 Å². The number of piperidine rings is 1. The number of aliphatic carboxylic acids is 1. The molecular formula is C29H28N6O4S. The molecule has 0 bridgehead atoms. The molecule has 5 rings (SSSR count). The number of carboxylic acid groups (broad SMARTS) is 1. The van der Waals surface area contributed by atoms with Crippen LogP contribution in [0.2, 0.25) is 0 Å². The molecule has 1 aliphatic heterocycles. The molecule has 1 fully saturated rings. The number of nitrogens with one attached hydrogen (secondary N) is 1. The van der Waals surface area contributed by atoms with Gasteiger partial charge in [0.2, 0.25) is 5.95 Å². The predicted molar refractivity (Wildman–Crippen MR) is 153 cm³/mol. The van der Waals surface area contributed by atoms with Gasteiger partial charge in [-0.25, -0.2) is 9.78 Å². The van der Waals surface area contributed by atoms with Gasteiger partial charge in [0, 0.05) is 30.9 Å². The van der Waals surface area contributed by atoms with Crippen molar-refractivity contribution in [3.63, 3.8) is 0 Å². The third-order valence-electron chi connectivity index (χ3n) is 7.00. The molecule has 1 amide bonds. The Balaban J connectivity index is 1.55. The highest BCUT2D eigenvalue weighted by Crippen LogP contribution is 2.27. The Labute approximate surface area is 234 Å². The van der Waals surface area contributed by atoms with Crippen LogP contribution in [0.4, 0.5) is 5.95 Å². The summed E-state index contributed by atoms with van der Waals surface area (Å²) in [5, 5.41) is 23.5. The number of carbonyl (C=O) groups is 2. The van der Waals surface area contributed by atoms with E-state index < -0.39 is 17.9 Å². The van der Waals surface area contributed by atoms with Gasteiger partial charge in [-0.2, -0.15) is 5.26 Å². The van der Waals surface area contributed by atoms with Crippen LogP contribution >= 0.6 is 11.3 Å². The molecule has 2 atom stereocenters. The fourth-order valence-corrected chi connectivity index (χ4v) is 5.88. The number of anilines is 1. The number of benzene rings is 2. The van der Waals surface area contributed by atoms with Crippen LogP contribution in [0.15, 0.2) is 64.8 Å². The van der Waals surface area contributed by atoms with E-state index in [1.807, 2.05) is 17.0 Å². The quantitative estimate of drug-likeness (QED) is 0.299. The fraction of sp³-hybridized carbons (Fsp3) is 0.276. The molecule has 0 radical (unpaired) electrons. The van der Waals surface area contributed by atoms with E-state index in [9.17, 15) is 24.8 Å². The van der Waals surface area contributed by atoms with Crippen LogP contribution in [-0.2, 0) is 17.8 Å². The van der Waals surface area contributed by atoms with Gasteiger partial charge in [0.25, 0.3) is 11.5 Å². The van der Waals surface area contributed by atoms with Gasteiger partial charge in [-0.15, -0.1) is 11.3 Å². The standard InChI is InChI=1S/C29H28N6O4S/c30-14-19-9-4-5-10-20(19)15-35-27(37)25-24(33-29(35)34-12-6-11-21(31)16-34)22(17-40-25)26(36)32-23(28(38)39)13-18-7-2-1-3-8-18/h1-5,7-10,17,21,23H,6,11-13,15-16,31H2,(H,32,36)(H,38,39)/t21-,23?/m1/s1. The Morgan fingerprint density at radius 3 is 2.67 bits per heavy atom. The zero-order chi connectivity index (χ0) is 28.2. The summed E-state index contributed by atoms with van der Waals surface area (Å²) < 4.78 is 1.81. The Hall–Kier alpha value is -4.53. The van der Waals surface area contributed by atoms with Crippen molar-refractivity contribution in [1.82, 2.24) is 14.9 Å². The Bertz CT molecular complexity index is 1660. The van der Waals surface area contributed by atoms with Gasteiger partial charge >= 0.3 is 5.97 Å². The van der Waals surface area contributed by atoms with Gasteiger partial charge in [-0.1, -0.05) is 48.5 Å². The lowest BCUT2D eigenvalue weighted by atomic mass is 10.1. The maximum absolute atomic E-state index is 13.9. The average molecular weight is 557 g/mol. The highest BCUT2D eigenvalue weighted by Gasteiger charge is 2.27. The summed E-state index contributed by atoms with van der Waals surface area (Å²) in [4.78, 5) is 45.9. The van der Waals surface area contributed by atoms with Crippen molar-refractivity contribution < 1.29 is 14.7 Å². The molecule has 2 aromatic heterocycles. The van der Waals surface area contributed by atoms with E-state index in [0.29, 0.717) is 30.2 Å². The second kappa shape index (κ2) is 11.7. The van der Waals surface area contributed by atoms with Crippen molar-refractivity contribution in [2.24, 2.45) is 5.73 Å². The summed E-state index contributed by atoms with van der Waals surface area (Å²) >= 11 is 1.09. The maximum atomic E-state index is 13.9. The molecular weight excluding hydrogens is 528 g/mol. The van der Waals surface area contributed by atoms with Gasteiger partial charge in [0.1, 0.15) is 16.3 Å². The SMILES string of the molecule is N#Cc1ccccc1Cn1c(N2CCC[C@@H](N)C2)nc2c(C(=O)NC(Cc3ccccc3)C(=O)O)csc2c1=O. The zero-order valence-electron chi connectivity index (χ0n) is 21.6. The monoisotopic (exact) mass is 556 g/mol. The predicted octanol–water partition coefficient (Wildman–Crippen LogP) is 2.73. The van der Waals surface area contributed by atoms with Gasteiger partial charge in [0.15, 0.2) is 0 Å². The van der Waals surface area contributed by atoms with E-state index in [1.54, 1.807) is 42.5 Å². The molecule has 0 saturated carbocycles. The fourth-order valence-electron chi connectivity index (χ4n) is 4.95. The molecule has 1 aliphatic rings. The molecule has 1 saturated heterocycles. The molecule has 10 nitrogen and oxygen atoms in total. The molecule has 0 aliphatic carbocycles. The van der Waals surface area contributed by atoms with Crippen molar-refractivity contribution in [2.75, 3.05) is 18.0 Å². The highest BCUT2D eigenvalue weighted by molar-refractivity contribution is 7.17. The Kier molecular flexibility index (Phi) is 7.91. The van der Waals surface area contributed by atoms with Crippen LogP contribution in [0, 0.1) is 11.3 Å². The van der Waals surface area contributed by atoms with Crippen LogP contribution in [0.3, 0.4) is 0 Å². The van der Waals surface area contributed by atoms with E-state index in [1.165, 1.54) is 9.95 Å². The van der Waals surface area contributed by atoms with Crippen molar-refractivity contribution in [2.45, 2.75) is 37.9 Å². The second-order valence-corrected chi connectivity index (χ2v) is 10.7. The number of carboxylic acids is 1. The number of aromatic nitrogens is 2. The molecule has 3 heterocycles. The smallest absolute Gasteiger partial charge is 0.326 e. The lowest BCUT2D eigenvalue weighted by Gasteiger charge is -2.33. The molecule has 1 unspecified atom stereocenters. The summed E-state index contributed by atoms with van der Waals surface area (Å²) in [6.45, 7) is 1.25. The minimum absolute atomic E-state index is 0.0965. The number of rotatable bonds is 8.